The van der Waals surface area contributed by atoms with E-state index < -0.39 is 9.23 Å². The second-order valence-corrected chi connectivity index (χ2v) is 2.71. The summed E-state index contributed by atoms with van der Waals surface area (Å²) in [5.41, 5.74) is 0. The van der Waals surface area contributed by atoms with Crippen molar-refractivity contribution in [3.8, 4) is 0 Å². The standard InChI is InChI=1S/Cl2OS.5O.2V/c1-4(2)3;;;;;;;/q;5*-2;;. The third-order valence-corrected chi connectivity index (χ3v) is 0. The second kappa shape index (κ2) is 60.7. The summed E-state index contributed by atoms with van der Waals surface area (Å²) >= 11 is 0. The summed E-state index contributed by atoms with van der Waals surface area (Å²) in [6.07, 6.45) is 0. The average Bonchev–Trinajstić information content (AvgIpc) is 0.811. The van der Waals surface area contributed by atoms with Gasteiger partial charge in [0.15, 0.2) is 0 Å². The van der Waals surface area contributed by atoms with Gasteiger partial charge in [-0.2, -0.15) is 0 Å². The number of rotatable bonds is 0. The monoisotopic (exact) mass is 300 g/mol. The first kappa shape index (κ1) is 78.7. The van der Waals surface area contributed by atoms with Crippen molar-refractivity contribution in [2.45, 2.75) is 0 Å². The Morgan fingerprint density at radius 3 is 0.727 bits per heavy atom. The van der Waals surface area contributed by atoms with Crippen molar-refractivity contribution in [1.82, 2.24) is 0 Å². The Bertz CT molecular complexity index is 41.6. The van der Waals surface area contributed by atoms with Gasteiger partial charge in [0.05, 0.1) is 0 Å². The first-order valence-electron chi connectivity index (χ1n) is 0.475. The van der Waals surface area contributed by atoms with E-state index in [4.69, 9.17) is 4.21 Å². The van der Waals surface area contributed by atoms with Crippen LogP contribution in [-0.2, 0) is 73.7 Å². The molecule has 0 saturated carbocycles. The van der Waals surface area contributed by atoms with Gasteiger partial charge in [-0.15, -0.1) is 0 Å². The van der Waals surface area contributed by atoms with E-state index in [0.29, 0.717) is 0 Å². The average molecular weight is 301 g/mol. The van der Waals surface area contributed by atoms with Crippen molar-refractivity contribution in [2.75, 3.05) is 0 Å². The van der Waals surface area contributed by atoms with Gasteiger partial charge in [0, 0.05) is 58.5 Å². The Hall–Kier alpha value is 1.70. The largest absolute Gasteiger partial charge is 2.00 e. The molecule has 0 fully saturated rings. The Labute approximate surface area is 98.8 Å². The van der Waals surface area contributed by atoms with Gasteiger partial charge in [-0.05, 0) is 0 Å². The topological polar surface area (TPSA) is 160 Å². The summed E-state index contributed by atoms with van der Waals surface area (Å²) in [6.45, 7) is 0. The number of hydrogen-bond donors (Lipinski definition) is 0. The smallest absolute Gasteiger partial charge is 0.211 e. The summed E-state index contributed by atoms with van der Waals surface area (Å²) in [7, 11) is 7.36. The van der Waals surface area contributed by atoms with E-state index in [9.17, 15) is 0 Å². The summed E-state index contributed by atoms with van der Waals surface area (Å²) in [5, 5.41) is 0. The molecule has 2 radical (unpaired) electrons. The van der Waals surface area contributed by atoms with E-state index in [0.717, 1.165) is 0 Å². The molecule has 0 aromatic rings. The van der Waals surface area contributed by atoms with Crippen molar-refractivity contribution < 1.29 is 68.7 Å². The summed E-state index contributed by atoms with van der Waals surface area (Å²) in [5.74, 6) is 0. The van der Waals surface area contributed by atoms with E-state index in [1.807, 2.05) is 0 Å². The molecule has 0 bridgehead atoms. The Morgan fingerprint density at radius 1 is 0.727 bits per heavy atom. The molecule has 6 nitrogen and oxygen atoms in total. The fourth-order valence-corrected chi connectivity index (χ4v) is 0. The molecule has 0 saturated heterocycles. The van der Waals surface area contributed by atoms with Crippen molar-refractivity contribution >= 4 is 30.6 Å². The normalized spacial score (nSPS) is 3.18. The van der Waals surface area contributed by atoms with Crippen LogP contribution in [0, 0.1) is 0 Å². The van der Waals surface area contributed by atoms with Crippen LogP contribution in [0.15, 0.2) is 0 Å². The van der Waals surface area contributed by atoms with Crippen LogP contribution < -0.4 is 0 Å². The quantitative estimate of drug-likeness (QED) is 0.584. The van der Waals surface area contributed by atoms with Crippen LogP contribution in [0.2, 0.25) is 0 Å². The zero-order chi connectivity index (χ0) is 3.58. The van der Waals surface area contributed by atoms with Crippen LogP contribution in [0.3, 0.4) is 0 Å². The molecule has 0 aromatic heterocycles. The fourth-order valence-electron chi connectivity index (χ4n) is 0. The van der Waals surface area contributed by atoms with Crippen LogP contribution in [0.5, 0.6) is 0 Å². The minimum atomic E-state index is -1.67. The van der Waals surface area contributed by atoms with Gasteiger partial charge in [0.2, 0.25) is 9.23 Å². The van der Waals surface area contributed by atoms with E-state index >= 15 is 0 Å². The molecule has 0 N–H and O–H groups in total. The van der Waals surface area contributed by atoms with Crippen molar-refractivity contribution in [2.24, 2.45) is 0 Å². The Balaban J connectivity index is -0.00000000214. The maximum Gasteiger partial charge on any atom is 0.211 e. The molecule has 0 aliphatic rings. The third kappa shape index (κ3) is 381. The predicted molar refractivity (Wildman–Crippen MR) is 23.3 cm³/mol. The summed E-state index contributed by atoms with van der Waals surface area (Å²) < 4.78 is 9.09. The summed E-state index contributed by atoms with van der Waals surface area (Å²) in [4.78, 5) is 0. The van der Waals surface area contributed by atoms with E-state index in [-0.39, 0.29) is 64.5 Å². The van der Waals surface area contributed by atoms with Gasteiger partial charge >= 0.3 is 0 Å². The van der Waals surface area contributed by atoms with E-state index in [1.165, 1.54) is 0 Å². The van der Waals surface area contributed by atoms with Gasteiger partial charge in [-0.25, -0.2) is 4.21 Å². The third-order valence-electron chi connectivity index (χ3n) is 0. The Kier molecular flexibility index (Phi) is 434. The first-order chi connectivity index (χ1) is 1.73. The molecule has 0 rings (SSSR count). The van der Waals surface area contributed by atoms with E-state index in [1.54, 1.807) is 0 Å². The van der Waals surface area contributed by atoms with Gasteiger partial charge in [-0.1, -0.05) is 0 Å². The minimum absolute atomic E-state index is 0. The van der Waals surface area contributed by atoms with Gasteiger partial charge in [-0.3, -0.25) is 0 Å². The molecular weight excluding hydrogens is 301 g/mol. The molecule has 0 spiro atoms. The van der Waals surface area contributed by atoms with Gasteiger partial charge < -0.3 is 27.4 Å². The number of halogens is 2. The maximum atomic E-state index is 9.09. The fraction of sp³-hybridized carbons (Fsp3) is 0. The molecule has 76 valence electrons. The molecule has 0 amide bonds. The molecule has 11 heavy (non-hydrogen) atoms. The molecule has 0 unspecified atom stereocenters. The van der Waals surface area contributed by atoms with Crippen LogP contribution in [0.1, 0.15) is 0 Å². The maximum absolute atomic E-state index is 9.09. The zero-order valence-electron chi connectivity index (χ0n) is 4.51. The van der Waals surface area contributed by atoms with E-state index in [2.05, 4.69) is 21.4 Å². The van der Waals surface area contributed by atoms with Crippen molar-refractivity contribution in [3.05, 3.63) is 0 Å². The van der Waals surface area contributed by atoms with Gasteiger partial charge in [0.25, 0.3) is 0 Å². The minimum Gasteiger partial charge on any atom is -2.00 e. The molecule has 0 aliphatic carbocycles. The molecule has 0 aromatic carbocycles. The van der Waals surface area contributed by atoms with Crippen LogP contribution in [0.25, 0.3) is 0 Å². The van der Waals surface area contributed by atoms with Crippen molar-refractivity contribution in [3.63, 3.8) is 0 Å². The molecule has 0 heterocycles. The predicted octanol–water partition coefficient (Wildman–Crippen LogP) is 0.444. The molecule has 0 aliphatic heterocycles. The van der Waals surface area contributed by atoms with Crippen LogP contribution >= 0.6 is 21.4 Å². The van der Waals surface area contributed by atoms with Crippen LogP contribution in [0.4, 0.5) is 0 Å². The first-order valence-corrected chi connectivity index (χ1v) is 3.28. The van der Waals surface area contributed by atoms with Gasteiger partial charge in [0.1, 0.15) is 0 Å². The number of hydrogen-bond acceptors (Lipinski definition) is 1. The van der Waals surface area contributed by atoms with Crippen LogP contribution in [-0.4, -0.2) is 4.21 Å². The van der Waals surface area contributed by atoms with Crippen molar-refractivity contribution in [1.29, 1.82) is 0 Å². The SMILES string of the molecule is O=S(Cl)Cl.[O-2].[O-2].[O-2].[O-2].[O-2].[V].[V]. The molecule has 0 atom stereocenters. The molecular formula is Cl2O6SV2-10. The summed E-state index contributed by atoms with van der Waals surface area (Å²) in [6, 6.07) is 0. The zero-order valence-corrected chi connectivity index (χ0v) is 9.63. The second-order valence-electron chi connectivity index (χ2n) is 0.184. The Morgan fingerprint density at radius 2 is 0.727 bits per heavy atom. The molecule has 11 heteroatoms.